The average Bonchev–Trinajstić information content (AvgIpc) is 0.797. The second-order valence-electron chi connectivity index (χ2n) is 32.8. The number of alkyl halides is 18. The topological polar surface area (TPSA) is 387 Å². The maximum atomic E-state index is 13.8. The minimum absolute atomic E-state index is 0. The number of nitrogens with zero attached hydrogens (tertiary/aromatic N) is 15. The molecule has 12 rings (SSSR count). The summed E-state index contributed by atoms with van der Waals surface area (Å²) in [4.78, 5) is 161. The molecule has 50 heteroatoms. The molecule has 0 aliphatic carbocycles. The molecule has 3 aromatic heterocycles. The first kappa shape index (κ1) is 121. The number of hydrogen-bond acceptors (Lipinski definition) is 27. The number of aryl methyl sites for hydroxylation is 3. The van der Waals surface area contributed by atoms with Gasteiger partial charge in [-0.25, -0.2) is 49.3 Å². The number of halogens is 18. The number of hydrogen-bond donors (Lipinski definition) is 3. The Morgan fingerprint density at radius 3 is 0.894 bits per heavy atom. The molecule has 6 fully saturated rings. The van der Waals surface area contributed by atoms with Crippen molar-refractivity contribution >= 4 is 88.9 Å². The molecule has 6 aliphatic heterocycles. The Kier molecular flexibility index (Phi) is 51.4. The summed E-state index contributed by atoms with van der Waals surface area (Å²) < 4.78 is 238. The Balaban J connectivity index is 0.000000407. The largest absolute Gasteiger partial charge is 1.00 e. The van der Waals surface area contributed by atoms with Gasteiger partial charge in [-0.2, -0.15) is 108 Å². The van der Waals surface area contributed by atoms with Crippen LogP contribution in [0.3, 0.4) is 0 Å². The van der Waals surface area contributed by atoms with E-state index in [1.165, 1.54) is 54.6 Å². The molecular weight excluding hydrogens is 1900 g/mol. The molecule has 0 spiro atoms. The zero-order valence-corrected chi connectivity index (χ0v) is 78.0. The van der Waals surface area contributed by atoms with E-state index < -0.39 is 71.2 Å². The normalized spacial score (nSPS) is 16.6. The van der Waals surface area contributed by atoms with Crippen molar-refractivity contribution in [3.05, 3.63) is 142 Å². The summed E-state index contributed by atoms with van der Waals surface area (Å²) in [5.41, 5.74) is -0.0647. The maximum absolute atomic E-state index is 13.8. The fourth-order valence-corrected chi connectivity index (χ4v) is 15.8. The van der Waals surface area contributed by atoms with Gasteiger partial charge in [-0.3, -0.25) is 14.4 Å². The molecule has 0 saturated carbocycles. The third-order valence-corrected chi connectivity index (χ3v) is 23.0. The van der Waals surface area contributed by atoms with Crippen LogP contribution in [0.5, 0.6) is 0 Å². The standard InChI is InChI=1S/C30H38F6N6O2.C28H34F6N6O2.C25H29F6N5O.C5H9NO.3CO2.Li.H2O/c1-2-3-13-37-28(44)41-17-15-40(16-18-41)25-19-26(39-27(38-25)30(34,35)36)42-14-5-7-22(20-42)24(43)8-4-6-21-9-11-23(12-10-21)29(31,32)33;1-2-35-26(42)39-15-13-38(14-16-39)23-17-24(37-25(36-23)28(32,33)34)40-12-4-6-20(18-40)22(41)7-3-5-19-8-10-21(11-9-19)27(29,30)31;26-24(27,28)19-8-6-17(7-9-19)3-1-5-20(37)18-4-2-12-36(16-18)22-15-21(35-13-10-32-11-14-35)33-23(34-22)25(29,30)31;1-2-3-4-6-5-7;3*2-1-3;;/h9-12,19,22H,2-8,13-18,20H2,1H3,(H,37,44);8-11,17,20H,2-7,12-16,18H2,1H3,(H,35,42);6-9,15,18,32H,1-5,10-14,16H2;2-4H2,1H3;;;;;1H2/q;;;;;;;+1;/p-1/t22-;20-;18-;;;;;;/m111....../s1. The van der Waals surface area contributed by atoms with Crippen molar-refractivity contribution in [3.63, 3.8) is 0 Å². The molecule has 141 heavy (non-hydrogen) atoms. The molecule has 4 N–H and O–H groups in total. The van der Waals surface area contributed by atoms with Crippen LogP contribution in [0.1, 0.15) is 174 Å². The molecule has 6 aromatic rings. The summed E-state index contributed by atoms with van der Waals surface area (Å²) in [6.07, 6.45) is -14.2. The summed E-state index contributed by atoms with van der Waals surface area (Å²) in [6, 6.07) is 18.8. The number of anilines is 6. The molecule has 0 unspecified atom stereocenters. The number of piperidine rings is 3. The third-order valence-electron chi connectivity index (χ3n) is 23.0. The number of rotatable bonds is 28. The number of aromatic nitrogens is 6. The van der Waals surface area contributed by atoms with Crippen LogP contribution >= 0.6 is 0 Å². The van der Waals surface area contributed by atoms with Gasteiger partial charge >= 0.3 is 86.4 Å². The zero-order chi connectivity index (χ0) is 103. The third kappa shape index (κ3) is 41.2. The van der Waals surface area contributed by atoms with Gasteiger partial charge in [-0.05, 0) is 150 Å². The fraction of sp³-hybridized carbons (Fsp3) is 0.571. The van der Waals surface area contributed by atoms with Crippen molar-refractivity contribution in [1.29, 1.82) is 0 Å². The Bertz CT molecular complexity index is 4980. The van der Waals surface area contributed by atoms with E-state index in [9.17, 15) is 108 Å². The van der Waals surface area contributed by atoms with E-state index in [4.69, 9.17) is 28.8 Å². The molecule has 0 radical (unpaired) electrons. The number of carbonyl (C=O) groups is 5. The van der Waals surface area contributed by atoms with Crippen LogP contribution in [0.15, 0.2) is 96.0 Å². The number of amides is 4. The molecule has 3 atom stereocenters. The summed E-state index contributed by atoms with van der Waals surface area (Å²) in [7, 11) is 0. The second-order valence-corrected chi connectivity index (χ2v) is 32.8. The number of ketones is 3. The van der Waals surface area contributed by atoms with E-state index in [1.54, 1.807) is 52.2 Å². The first-order chi connectivity index (χ1) is 65.9. The van der Waals surface area contributed by atoms with Crippen LogP contribution in [0, 0.1) is 17.8 Å². The molecule has 4 amide bonds. The number of Topliss-reactive ketones (excluding diaryl/α,β-unsaturated/α-hetero) is 3. The van der Waals surface area contributed by atoms with E-state index in [0.29, 0.717) is 212 Å². The molecule has 9 heterocycles. The van der Waals surface area contributed by atoms with Gasteiger partial charge < -0.3 is 60.6 Å². The summed E-state index contributed by atoms with van der Waals surface area (Å²) in [5, 5.41) is 8.73. The van der Waals surface area contributed by atoms with Crippen LogP contribution in [0.25, 0.3) is 0 Å². The summed E-state index contributed by atoms with van der Waals surface area (Å²) in [5.74, 6) is -4.04. The van der Waals surface area contributed by atoms with Crippen molar-refractivity contribution in [2.45, 2.75) is 180 Å². The van der Waals surface area contributed by atoms with Crippen molar-refractivity contribution in [2.75, 3.05) is 167 Å². The molecular formula is C91H111F18LiN18O13. The quantitative estimate of drug-likeness (QED) is 0.0135. The van der Waals surface area contributed by atoms with Gasteiger partial charge in [0.2, 0.25) is 23.6 Å². The Morgan fingerprint density at radius 2 is 0.638 bits per heavy atom. The van der Waals surface area contributed by atoms with Gasteiger partial charge in [-0.15, -0.1) is 0 Å². The van der Waals surface area contributed by atoms with E-state index >= 15 is 0 Å². The van der Waals surface area contributed by atoms with Crippen LogP contribution in [0.2, 0.25) is 0 Å². The summed E-state index contributed by atoms with van der Waals surface area (Å²) in [6.45, 7) is 14.6. The number of benzene rings is 3. The molecule has 3 aromatic carbocycles. The first-order valence-corrected chi connectivity index (χ1v) is 45.1. The SMILES string of the molecule is CCCCN=C=O.CCCCNC(=O)N1CCN(c2cc(N3CCC[C@@H](C(=O)CCCc4ccc(C(F)(F)F)cc4)C3)nc(C(F)(F)F)n2)CC1.CCNC(=O)N1CCN(c2cc(N3CCC[C@@H](C(=O)CCCc4ccc(C(F)(F)F)cc4)C3)nc(C(F)(F)F)n2)CC1.O=C(CCCc1ccc(C(F)(F)F)cc1)[C@@H]1CCCN(c2cc(N3CCNCC3)nc(C(F)(F)F)n2)C1.O=C=O.O=C=O.O=C=O.[Li+].[OH-]. The van der Waals surface area contributed by atoms with Gasteiger partial charge in [0, 0.05) is 186 Å². The predicted molar refractivity (Wildman–Crippen MR) is 469 cm³/mol. The first-order valence-electron chi connectivity index (χ1n) is 45.1. The minimum atomic E-state index is -4.77. The average molecular weight is 2010 g/mol. The number of unbranched alkanes of at least 4 members (excludes halogenated alkanes) is 2. The van der Waals surface area contributed by atoms with Gasteiger partial charge in [0.25, 0.3) is 0 Å². The minimum Gasteiger partial charge on any atom is -0.870 e. The predicted octanol–water partition coefficient (Wildman–Crippen LogP) is 12.1. The molecule has 6 aliphatic rings. The number of isocyanates is 1. The monoisotopic (exact) mass is 2010 g/mol. The van der Waals surface area contributed by atoms with Crippen LogP contribution in [-0.2, 0) is 104 Å². The number of carbonyl (C=O) groups excluding carboxylic acids is 12. The summed E-state index contributed by atoms with van der Waals surface area (Å²) >= 11 is 0. The maximum Gasteiger partial charge on any atom is 1.00 e. The molecule has 6 saturated heterocycles. The van der Waals surface area contributed by atoms with Gasteiger partial charge in [0.05, 0.1) is 23.2 Å². The molecule has 0 bridgehead atoms. The Hall–Kier alpha value is -12.0. The van der Waals surface area contributed by atoms with Crippen LogP contribution in [-0.4, -0.2) is 237 Å². The number of aliphatic imine (C=N–C) groups is 1. The van der Waals surface area contributed by atoms with E-state index in [-0.39, 0.29) is 164 Å². The van der Waals surface area contributed by atoms with Crippen molar-refractivity contribution in [3.8, 4) is 0 Å². The van der Waals surface area contributed by atoms with Crippen LogP contribution in [0.4, 0.5) is 124 Å². The fourth-order valence-electron chi connectivity index (χ4n) is 15.8. The number of piperazine rings is 3. The van der Waals surface area contributed by atoms with E-state index in [0.717, 1.165) is 62.1 Å². The number of nitrogens with one attached hydrogen (secondary N) is 3. The molecule has 770 valence electrons. The van der Waals surface area contributed by atoms with Crippen LogP contribution < -0.4 is 64.2 Å². The number of urea groups is 2. The van der Waals surface area contributed by atoms with Gasteiger partial charge in [-0.1, -0.05) is 63.1 Å². The Labute approximate surface area is 813 Å². The molecule has 31 nitrogen and oxygen atoms in total. The second kappa shape index (κ2) is 59.7. The van der Waals surface area contributed by atoms with Crippen molar-refractivity contribution < 1.29 is 161 Å². The zero-order valence-electron chi connectivity index (χ0n) is 78.0. The van der Waals surface area contributed by atoms with Crippen molar-refractivity contribution in [2.24, 2.45) is 22.7 Å². The van der Waals surface area contributed by atoms with E-state index in [1.807, 2.05) is 6.92 Å². The smallest absolute Gasteiger partial charge is 0.870 e. The van der Waals surface area contributed by atoms with Gasteiger partial charge in [0.1, 0.15) is 52.3 Å². The van der Waals surface area contributed by atoms with Crippen molar-refractivity contribution in [1.82, 2.24) is 55.7 Å². The Morgan fingerprint density at radius 1 is 0.369 bits per heavy atom. The van der Waals surface area contributed by atoms with E-state index in [2.05, 4.69) is 57.8 Å². The van der Waals surface area contributed by atoms with Gasteiger partial charge in [0.15, 0.2) is 0 Å².